The number of carbonyl (C=O) groups is 2. The fourth-order valence-electron chi connectivity index (χ4n) is 2.89. The monoisotopic (exact) mass is 431 g/mol. The van der Waals surface area contributed by atoms with E-state index in [0.29, 0.717) is 41.9 Å². The fraction of sp³-hybridized carbons (Fsp3) is 0.300. The number of rotatable bonds is 10. The number of thioether (sulfide) groups is 1. The second-order valence-corrected chi connectivity index (χ2v) is 7.38. The number of hydrogen-bond donors (Lipinski definition) is 1. The highest BCUT2D eigenvalue weighted by atomic mass is 32.2. The topological polar surface area (TPSA) is 107 Å². The maximum atomic E-state index is 13.2. The molecule has 30 heavy (non-hydrogen) atoms. The Balaban J connectivity index is 1.73. The number of benzene rings is 1. The molecule has 0 aliphatic heterocycles. The standard InChI is InChI=1S/C20H22FN5O3S/c1-2-25(15-7-5-14(21)6-8-15)19(28)13-30-20-24-23-18(10-9-17(22)27)26(20)12-16-4-3-11-29-16/h3-8,11H,2,9-10,12-13H2,1H3,(H2,22,27). The minimum Gasteiger partial charge on any atom is -0.467 e. The third kappa shape index (κ3) is 5.47. The van der Waals surface area contributed by atoms with Crippen molar-refractivity contribution < 1.29 is 18.4 Å². The second-order valence-electron chi connectivity index (χ2n) is 6.43. The van der Waals surface area contributed by atoms with Gasteiger partial charge in [-0.15, -0.1) is 10.2 Å². The van der Waals surface area contributed by atoms with E-state index in [4.69, 9.17) is 10.2 Å². The molecular weight excluding hydrogens is 409 g/mol. The number of furan rings is 1. The molecule has 3 aromatic rings. The Morgan fingerprint density at radius 3 is 2.63 bits per heavy atom. The van der Waals surface area contributed by atoms with Gasteiger partial charge in [0.2, 0.25) is 11.8 Å². The first-order valence-corrected chi connectivity index (χ1v) is 10.4. The van der Waals surface area contributed by atoms with Crippen molar-refractivity contribution in [3.8, 4) is 0 Å². The summed E-state index contributed by atoms with van der Waals surface area (Å²) in [7, 11) is 0. The fourth-order valence-corrected chi connectivity index (χ4v) is 3.72. The van der Waals surface area contributed by atoms with Crippen LogP contribution in [-0.2, 0) is 22.6 Å². The van der Waals surface area contributed by atoms with Gasteiger partial charge in [-0.3, -0.25) is 14.2 Å². The number of anilines is 1. The Hall–Kier alpha value is -3.14. The van der Waals surface area contributed by atoms with E-state index in [1.54, 1.807) is 29.4 Å². The van der Waals surface area contributed by atoms with Gasteiger partial charge in [0.15, 0.2) is 5.16 Å². The highest BCUT2D eigenvalue weighted by Crippen LogP contribution is 2.22. The zero-order chi connectivity index (χ0) is 21.5. The summed E-state index contributed by atoms with van der Waals surface area (Å²) in [5.41, 5.74) is 5.88. The molecule has 2 aromatic heterocycles. The Morgan fingerprint density at radius 2 is 2.00 bits per heavy atom. The number of amides is 2. The lowest BCUT2D eigenvalue weighted by atomic mass is 10.3. The molecule has 2 amide bonds. The van der Waals surface area contributed by atoms with Gasteiger partial charge < -0.3 is 15.1 Å². The number of aryl methyl sites for hydroxylation is 1. The molecule has 0 spiro atoms. The van der Waals surface area contributed by atoms with Crippen LogP contribution in [-0.4, -0.2) is 38.9 Å². The summed E-state index contributed by atoms with van der Waals surface area (Å²) in [6, 6.07) is 9.39. The highest BCUT2D eigenvalue weighted by molar-refractivity contribution is 7.99. The molecule has 3 rings (SSSR count). The predicted molar refractivity (Wildman–Crippen MR) is 110 cm³/mol. The first-order valence-electron chi connectivity index (χ1n) is 9.39. The number of hydrogen-bond acceptors (Lipinski definition) is 6. The second kappa shape index (κ2) is 10.1. The molecule has 158 valence electrons. The Morgan fingerprint density at radius 1 is 1.23 bits per heavy atom. The van der Waals surface area contributed by atoms with Gasteiger partial charge in [0.1, 0.15) is 17.4 Å². The molecule has 0 fully saturated rings. The van der Waals surface area contributed by atoms with Crippen molar-refractivity contribution in [1.82, 2.24) is 14.8 Å². The third-order valence-corrected chi connectivity index (χ3v) is 5.31. The summed E-state index contributed by atoms with van der Waals surface area (Å²) < 4.78 is 20.4. The van der Waals surface area contributed by atoms with E-state index in [2.05, 4.69) is 10.2 Å². The molecule has 10 heteroatoms. The van der Waals surface area contributed by atoms with Crippen molar-refractivity contribution in [3.05, 3.63) is 60.1 Å². The molecule has 8 nitrogen and oxygen atoms in total. The number of halogens is 1. The minimum absolute atomic E-state index is 0.122. The summed E-state index contributed by atoms with van der Waals surface area (Å²) in [5.74, 6) is 0.490. The molecule has 0 saturated heterocycles. The first-order chi connectivity index (χ1) is 14.5. The van der Waals surface area contributed by atoms with Crippen LogP contribution in [0.4, 0.5) is 10.1 Å². The van der Waals surface area contributed by atoms with Crippen LogP contribution in [0.15, 0.2) is 52.2 Å². The molecule has 0 unspecified atom stereocenters. The first kappa shape index (κ1) is 21.6. The smallest absolute Gasteiger partial charge is 0.237 e. The van der Waals surface area contributed by atoms with Crippen LogP contribution >= 0.6 is 11.8 Å². The Bertz CT molecular complexity index is 989. The van der Waals surface area contributed by atoms with Gasteiger partial charge in [0.25, 0.3) is 0 Å². The lowest BCUT2D eigenvalue weighted by Gasteiger charge is -2.20. The van der Waals surface area contributed by atoms with Crippen LogP contribution in [0.25, 0.3) is 0 Å². The summed E-state index contributed by atoms with van der Waals surface area (Å²) in [6.45, 7) is 2.68. The predicted octanol–water partition coefficient (Wildman–Crippen LogP) is 2.62. The molecule has 0 bridgehead atoms. The van der Waals surface area contributed by atoms with Gasteiger partial charge in [-0.2, -0.15) is 0 Å². The van der Waals surface area contributed by atoms with Crippen LogP contribution < -0.4 is 10.6 Å². The normalized spacial score (nSPS) is 10.9. The Kier molecular flexibility index (Phi) is 7.23. The van der Waals surface area contributed by atoms with Crippen molar-refractivity contribution in [3.63, 3.8) is 0 Å². The van der Waals surface area contributed by atoms with E-state index in [1.807, 2.05) is 17.6 Å². The molecule has 1 aromatic carbocycles. The maximum Gasteiger partial charge on any atom is 0.237 e. The minimum atomic E-state index is -0.426. The Labute approximate surface area is 177 Å². The molecule has 0 atom stereocenters. The third-order valence-electron chi connectivity index (χ3n) is 4.36. The number of nitrogens with zero attached hydrogens (tertiary/aromatic N) is 4. The van der Waals surface area contributed by atoms with Gasteiger partial charge in [-0.05, 0) is 43.3 Å². The van der Waals surface area contributed by atoms with Crippen LogP contribution in [0.5, 0.6) is 0 Å². The van der Waals surface area contributed by atoms with Crippen LogP contribution in [0.2, 0.25) is 0 Å². The summed E-state index contributed by atoms with van der Waals surface area (Å²) in [6.07, 6.45) is 2.06. The average molecular weight is 431 g/mol. The zero-order valence-electron chi connectivity index (χ0n) is 16.5. The quantitative estimate of drug-likeness (QED) is 0.495. The van der Waals surface area contributed by atoms with E-state index < -0.39 is 5.91 Å². The van der Waals surface area contributed by atoms with Gasteiger partial charge in [-0.25, -0.2) is 4.39 Å². The van der Waals surface area contributed by atoms with Crippen molar-refractivity contribution in [2.75, 3.05) is 17.2 Å². The molecule has 0 aliphatic carbocycles. The van der Waals surface area contributed by atoms with Gasteiger partial charge in [-0.1, -0.05) is 11.8 Å². The van der Waals surface area contributed by atoms with E-state index >= 15 is 0 Å². The highest BCUT2D eigenvalue weighted by Gasteiger charge is 2.19. The van der Waals surface area contributed by atoms with E-state index in [9.17, 15) is 14.0 Å². The molecule has 0 aliphatic rings. The summed E-state index contributed by atoms with van der Waals surface area (Å²) in [5, 5.41) is 8.87. The number of aromatic nitrogens is 3. The van der Waals surface area contributed by atoms with Crippen LogP contribution in [0, 0.1) is 5.82 Å². The molecule has 2 heterocycles. The summed E-state index contributed by atoms with van der Waals surface area (Å²) in [4.78, 5) is 25.5. The van der Waals surface area contributed by atoms with Crippen molar-refractivity contribution in [2.45, 2.75) is 31.5 Å². The molecule has 0 saturated carbocycles. The average Bonchev–Trinajstić information content (AvgIpc) is 3.37. The van der Waals surface area contributed by atoms with E-state index in [0.717, 1.165) is 0 Å². The van der Waals surface area contributed by atoms with Crippen LogP contribution in [0.1, 0.15) is 24.9 Å². The van der Waals surface area contributed by atoms with Crippen LogP contribution in [0.3, 0.4) is 0 Å². The van der Waals surface area contributed by atoms with E-state index in [1.165, 1.54) is 23.9 Å². The number of primary amides is 1. The lowest BCUT2D eigenvalue weighted by molar-refractivity contribution is -0.118. The molecule has 2 N–H and O–H groups in total. The van der Waals surface area contributed by atoms with Crippen molar-refractivity contribution >= 4 is 29.3 Å². The zero-order valence-corrected chi connectivity index (χ0v) is 17.3. The van der Waals surface area contributed by atoms with Gasteiger partial charge in [0, 0.05) is 25.1 Å². The lowest BCUT2D eigenvalue weighted by Crippen LogP contribution is -2.32. The van der Waals surface area contributed by atoms with Gasteiger partial charge in [0.05, 0.1) is 18.6 Å². The molecule has 0 radical (unpaired) electrons. The van der Waals surface area contributed by atoms with E-state index in [-0.39, 0.29) is 23.9 Å². The summed E-state index contributed by atoms with van der Waals surface area (Å²) >= 11 is 1.24. The van der Waals surface area contributed by atoms with Crippen molar-refractivity contribution in [1.29, 1.82) is 0 Å². The number of carbonyl (C=O) groups excluding carboxylic acids is 2. The maximum absolute atomic E-state index is 13.2. The van der Waals surface area contributed by atoms with Gasteiger partial charge >= 0.3 is 0 Å². The largest absolute Gasteiger partial charge is 0.467 e. The van der Waals surface area contributed by atoms with Crippen molar-refractivity contribution in [2.24, 2.45) is 5.73 Å². The number of nitrogens with two attached hydrogens (primary N) is 1. The SMILES string of the molecule is CCN(C(=O)CSc1nnc(CCC(N)=O)n1Cc1ccco1)c1ccc(F)cc1. The molecular formula is C20H22FN5O3S.